The maximum Gasteiger partial charge on any atom is 0.246 e. The molecule has 1 fully saturated rings. The lowest BCUT2D eigenvalue weighted by Crippen LogP contribution is -2.32. The zero-order valence-electron chi connectivity index (χ0n) is 13.5. The molecule has 0 aliphatic carbocycles. The number of rotatable bonds is 9. The highest BCUT2D eigenvalue weighted by molar-refractivity contribution is 5.78. The maximum atomic E-state index is 11.7. The molecule has 0 aromatic heterocycles. The third-order valence-corrected chi connectivity index (χ3v) is 3.73. The third-order valence-electron chi connectivity index (χ3n) is 3.73. The number of methoxy groups -OCH3 is 1. The van der Waals surface area contributed by atoms with Crippen LogP contribution in [0, 0.1) is 0 Å². The number of hydrogen-bond donors (Lipinski definition) is 1. The van der Waals surface area contributed by atoms with Crippen molar-refractivity contribution in [3.05, 3.63) is 29.8 Å². The van der Waals surface area contributed by atoms with E-state index in [2.05, 4.69) is 5.32 Å². The van der Waals surface area contributed by atoms with Gasteiger partial charge in [-0.2, -0.15) is 0 Å². The molecule has 2 rings (SSSR count). The number of amides is 2. The fourth-order valence-electron chi connectivity index (χ4n) is 2.51. The molecule has 23 heavy (non-hydrogen) atoms. The lowest BCUT2D eigenvalue weighted by Gasteiger charge is -2.15. The van der Waals surface area contributed by atoms with E-state index < -0.39 is 0 Å². The molecule has 0 saturated carbocycles. The molecule has 1 saturated heterocycles. The molecule has 0 bridgehead atoms. The summed E-state index contributed by atoms with van der Waals surface area (Å²) < 4.78 is 10.5. The van der Waals surface area contributed by atoms with Gasteiger partial charge in [0, 0.05) is 26.1 Å². The Kier molecular flexibility index (Phi) is 6.87. The number of hydrogen-bond acceptors (Lipinski definition) is 4. The smallest absolute Gasteiger partial charge is 0.246 e. The first kappa shape index (κ1) is 17.3. The van der Waals surface area contributed by atoms with Crippen LogP contribution in [0.4, 0.5) is 0 Å². The predicted octanol–water partition coefficient (Wildman–Crippen LogP) is 1.34. The van der Waals surface area contributed by atoms with Crippen LogP contribution < -0.4 is 10.1 Å². The summed E-state index contributed by atoms with van der Waals surface area (Å²) in [4.78, 5) is 25.0. The van der Waals surface area contributed by atoms with E-state index in [-0.39, 0.29) is 18.4 Å². The van der Waals surface area contributed by atoms with E-state index in [1.54, 1.807) is 7.11 Å². The molecule has 1 aliphatic rings. The topological polar surface area (TPSA) is 67.9 Å². The SMILES string of the molecule is COc1cccc(COCC(=O)NCCCN2CCCC2=O)c1. The standard InChI is InChI=1S/C17H24N2O4/c1-22-15-6-2-5-14(11-15)12-23-13-16(20)18-8-4-10-19-9-3-7-17(19)21/h2,5-6,11H,3-4,7-10,12-13H2,1H3,(H,18,20). The third kappa shape index (κ3) is 5.90. The van der Waals surface area contributed by atoms with Gasteiger partial charge < -0.3 is 19.7 Å². The zero-order chi connectivity index (χ0) is 16.5. The van der Waals surface area contributed by atoms with Gasteiger partial charge in [-0.1, -0.05) is 12.1 Å². The summed E-state index contributed by atoms with van der Waals surface area (Å²) in [6.45, 7) is 2.51. The summed E-state index contributed by atoms with van der Waals surface area (Å²) in [5.74, 6) is 0.852. The Labute approximate surface area is 136 Å². The van der Waals surface area contributed by atoms with Crippen molar-refractivity contribution in [1.82, 2.24) is 10.2 Å². The van der Waals surface area contributed by atoms with E-state index in [9.17, 15) is 9.59 Å². The van der Waals surface area contributed by atoms with Crippen LogP contribution in [-0.2, 0) is 20.9 Å². The normalized spacial score (nSPS) is 14.1. The Morgan fingerprint density at radius 3 is 3.00 bits per heavy atom. The summed E-state index contributed by atoms with van der Waals surface area (Å²) in [7, 11) is 1.61. The van der Waals surface area contributed by atoms with Crippen molar-refractivity contribution >= 4 is 11.8 Å². The van der Waals surface area contributed by atoms with Crippen molar-refractivity contribution < 1.29 is 19.1 Å². The fourth-order valence-corrected chi connectivity index (χ4v) is 2.51. The van der Waals surface area contributed by atoms with Crippen LogP contribution in [0.5, 0.6) is 5.75 Å². The predicted molar refractivity (Wildman–Crippen MR) is 86.1 cm³/mol. The minimum Gasteiger partial charge on any atom is -0.497 e. The van der Waals surface area contributed by atoms with Gasteiger partial charge in [0.25, 0.3) is 0 Å². The summed E-state index contributed by atoms with van der Waals surface area (Å²) in [6.07, 6.45) is 2.38. The molecule has 126 valence electrons. The molecule has 6 nitrogen and oxygen atoms in total. The molecule has 6 heteroatoms. The van der Waals surface area contributed by atoms with Gasteiger partial charge in [-0.25, -0.2) is 0 Å². The van der Waals surface area contributed by atoms with Crippen molar-refractivity contribution in [2.24, 2.45) is 0 Å². The number of nitrogens with zero attached hydrogens (tertiary/aromatic N) is 1. The van der Waals surface area contributed by atoms with E-state index in [4.69, 9.17) is 9.47 Å². The Bertz CT molecular complexity index is 533. The molecule has 1 heterocycles. The number of ether oxygens (including phenoxy) is 2. The minimum absolute atomic E-state index is 0.0276. The number of carbonyl (C=O) groups is 2. The first-order chi connectivity index (χ1) is 11.2. The van der Waals surface area contributed by atoms with Crippen molar-refractivity contribution in [3.63, 3.8) is 0 Å². The average molecular weight is 320 g/mol. The Balaban J connectivity index is 1.55. The van der Waals surface area contributed by atoms with Crippen molar-refractivity contribution in [1.29, 1.82) is 0 Å². The van der Waals surface area contributed by atoms with Gasteiger partial charge in [0.15, 0.2) is 0 Å². The van der Waals surface area contributed by atoms with Crippen molar-refractivity contribution in [2.45, 2.75) is 25.9 Å². The molecule has 1 aromatic carbocycles. The molecule has 2 amide bonds. The molecule has 0 spiro atoms. The first-order valence-electron chi connectivity index (χ1n) is 7.94. The number of carbonyl (C=O) groups excluding carboxylic acids is 2. The summed E-state index contributed by atoms with van der Waals surface area (Å²) in [5.41, 5.74) is 0.963. The van der Waals surface area contributed by atoms with E-state index in [0.717, 1.165) is 30.7 Å². The van der Waals surface area contributed by atoms with Crippen LogP contribution >= 0.6 is 0 Å². The second-order valence-electron chi connectivity index (χ2n) is 5.53. The second-order valence-corrected chi connectivity index (χ2v) is 5.53. The van der Waals surface area contributed by atoms with Gasteiger partial charge in [0.05, 0.1) is 13.7 Å². The maximum absolute atomic E-state index is 11.7. The quantitative estimate of drug-likeness (QED) is 0.697. The lowest BCUT2D eigenvalue weighted by molar-refractivity contribution is -0.127. The van der Waals surface area contributed by atoms with Crippen LogP contribution in [0.3, 0.4) is 0 Å². The highest BCUT2D eigenvalue weighted by Crippen LogP contribution is 2.13. The molecule has 0 radical (unpaired) electrons. The number of likely N-dealkylation sites (tertiary alicyclic amines) is 1. The van der Waals surface area contributed by atoms with Crippen LogP contribution in [0.15, 0.2) is 24.3 Å². The number of benzene rings is 1. The molecule has 1 aliphatic heterocycles. The summed E-state index contributed by atoms with van der Waals surface area (Å²) in [6, 6.07) is 7.55. The minimum atomic E-state index is -0.138. The van der Waals surface area contributed by atoms with Crippen LogP contribution in [-0.4, -0.2) is 50.1 Å². The molecule has 1 aromatic rings. The number of nitrogens with one attached hydrogen (secondary N) is 1. The van der Waals surface area contributed by atoms with E-state index in [0.29, 0.717) is 26.1 Å². The Morgan fingerprint density at radius 2 is 2.26 bits per heavy atom. The van der Waals surface area contributed by atoms with Gasteiger partial charge in [-0.05, 0) is 30.5 Å². The average Bonchev–Trinajstić information content (AvgIpc) is 2.97. The first-order valence-corrected chi connectivity index (χ1v) is 7.94. The largest absolute Gasteiger partial charge is 0.497 e. The monoisotopic (exact) mass is 320 g/mol. The zero-order valence-corrected chi connectivity index (χ0v) is 13.5. The highest BCUT2D eigenvalue weighted by Gasteiger charge is 2.18. The van der Waals surface area contributed by atoms with Crippen LogP contribution in [0.2, 0.25) is 0 Å². The Morgan fingerprint density at radius 1 is 1.39 bits per heavy atom. The van der Waals surface area contributed by atoms with Gasteiger partial charge in [0.2, 0.25) is 11.8 Å². The summed E-state index contributed by atoms with van der Waals surface area (Å²) in [5, 5.41) is 2.80. The van der Waals surface area contributed by atoms with Crippen LogP contribution in [0.25, 0.3) is 0 Å². The molecular formula is C17H24N2O4. The van der Waals surface area contributed by atoms with Gasteiger partial charge >= 0.3 is 0 Å². The highest BCUT2D eigenvalue weighted by atomic mass is 16.5. The van der Waals surface area contributed by atoms with Gasteiger partial charge in [-0.15, -0.1) is 0 Å². The Hall–Kier alpha value is -2.08. The fraction of sp³-hybridized carbons (Fsp3) is 0.529. The van der Waals surface area contributed by atoms with E-state index in [1.165, 1.54) is 0 Å². The molecule has 0 unspecified atom stereocenters. The summed E-state index contributed by atoms with van der Waals surface area (Å²) >= 11 is 0. The van der Waals surface area contributed by atoms with Crippen molar-refractivity contribution in [3.8, 4) is 5.75 Å². The van der Waals surface area contributed by atoms with E-state index >= 15 is 0 Å². The van der Waals surface area contributed by atoms with Gasteiger partial charge in [0.1, 0.15) is 12.4 Å². The van der Waals surface area contributed by atoms with Crippen LogP contribution in [0.1, 0.15) is 24.8 Å². The van der Waals surface area contributed by atoms with E-state index in [1.807, 2.05) is 29.2 Å². The second kappa shape index (κ2) is 9.15. The van der Waals surface area contributed by atoms with Crippen molar-refractivity contribution in [2.75, 3.05) is 33.4 Å². The lowest BCUT2D eigenvalue weighted by atomic mass is 10.2. The van der Waals surface area contributed by atoms with Gasteiger partial charge in [-0.3, -0.25) is 9.59 Å². The molecule has 1 N–H and O–H groups in total. The molecule has 0 atom stereocenters. The molecular weight excluding hydrogens is 296 g/mol.